The molecule has 1 N–H and O–H groups in total. The summed E-state index contributed by atoms with van der Waals surface area (Å²) < 4.78 is 34.1. The van der Waals surface area contributed by atoms with Gasteiger partial charge in [0.1, 0.15) is 36.2 Å². The van der Waals surface area contributed by atoms with Gasteiger partial charge in [0.15, 0.2) is 6.61 Å². The molecule has 11 heteroatoms. The van der Waals surface area contributed by atoms with Crippen LogP contribution in [0.1, 0.15) is 29.9 Å². The minimum absolute atomic E-state index is 0.000810. The lowest BCUT2D eigenvalue weighted by Gasteiger charge is -2.37. The van der Waals surface area contributed by atoms with Crippen molar-refractivity contribution in [2.75, 3.05) is 65.2 Å². The van der Waals surface area contributed by atoms with Crippen molar-refractivity contribution in [1.82, 2.24) is 4.90 Å². The maximum absolute atomic E-state index is 12.6. The molecule has 2 heterocycles. The number of amides is 2. The molecular formula is C34H40N2O9. The molecule has 2 aliphatic heterocycles. The SMILES string of the molecule is COCCCN1C(=O)COc2ccc(COC3CN(C(=O)O)CCC3c3ccc(OCCOc4cccc(OC)c4)cc3)cc21. The molecule has 0 radical (unpaired) electrons. The zero-order valence-electron chi connectivity index (χ0n) is 25.7. The van der Waals surface area contributed by atoms with Crippen molar-refractivity contribution in [3.8, 4) is 23.0 Å². The summed E-state index contributed by atoms with van der Waals surface area (Å²) >= 11 is 0. The number of carbonyl (C=O) groups excluding carboxylic acids is 1. The maximum Gasteiger partial charge on any atom is 0.407 e. The molecule has 1 saturated heterocycles. The van der Waals surface area contributed by atoms with Crippen LogP contribution >= 0.6 is 0 Å². The second kappa shape index (κ2) is 15.5. The van der Waals surface area contributed by atoms with Gasteiger partial charge in [0.05, 0.1) is 32.1 Å². The summed E-state index contributed by atoms with van der Waals surface area (Å²) in [7, 11) is 3.25. The van der Waals surface area contributed by atoms with Crippen LogP contribution < -0.4 is 23.8 Å². The number of likely N-dealkylation sites (tertiary alicyclic amines) is 1. The summed E-state index contributed by atoms with van der Waals surface area (Å²) in [5.74, 6) is 2.71. The van der Waals surface area contributed by atoms with Gasteiger partial charge in [-0.05, 0) is 60.4 Å². The Bertz CT molecular complexity index is 1430. The number of fused-ring (bicyclic) bond motifs is 1. The molecule has 3 aromatic carbocycles. The monoisotopic (exact) mass is 620 g/mol. The Kier molecular flexibility index (Phi) is 11.0. The number of carboxylic acid groups (broad SMARTS) is 1. The van der Waals surface area contributed by atoms with Crippen molar-refractivity contribution in [2.24, 2.45) is 0 Å². The van der Waals surface area contributed by atoms with Crippen molar-refractivity contribution in [2.45, 2.75) is 31.5 Å². The molecule has 0 aromatic heterocycles. The van der Waals surface area contributed by atoms with E-state index in [2.05, 4.69) is 0 Å². The highest BCUT2D eigenvalue weighted by Crippen LogP contribution is 2.35. The number of piperidine rings is 1. The first-order valence-electron chi connectivity index (χ1n) is 15.1. The molecule has 1 fully saturated rings. The van der Waals surface area contributed by atoms with E-state index in [-0.39, 0.29) is 37.7 Å². The highest BCUT2D eigenvalue weighted by molar-refractivity contribution is 5.97. The summed E-state index contributed by atoms with van der Waals surface area (Å²) in [6.45, 7) is 2.79. The van der Waals surface area contributed by atoms with E-state index in [0.29, 0.717) is 68.7 Å². The van der Waals surface area contributed by atoms with E-state index < -0.39 is 6.09 Å². The van der Waals surface area contributed by atoms with Crippen LogP contribution in [0, 0.1) is 0 Å². The number of hydrogen-bond acceptors (Lipinski definition) is 8. The topological polar surface area (TPSA) is 116 Å². The fourth-order valence-electron chi connectivity index (χ4n) is 5.61. The average Bonchev–Trinajstić information content (AvgIpc) is 3.07. The summed E-state index contributed by atoms with van der Waals surface area (Å²) in [4.78, 5) is 27.5. The lowest BCUT2D eigenvalue weighted by atomic mass is 9.87. The van der Waals surface area contributed by atoms with Crippen molar-refractivity contribution in [3.05, 3.63) is 77.9 Å². The number of carbonyl (C=O) groups is 2. The highest BCUT2D eigenvalue weighted by atomic mass is 16.5. The van der Waals surface area contributed by atoms with Gasteiger partial charge in [-0.2, -0.15) is 0 Å². The molecule has 2 aliphatic rings. The third kappa shape index (κ3) is 8.37. The first kappa shape index (κ1) is 31.9. The minimum Gasteiger partial charge on any atom is -0.497 e. The Hall–Kier alpha value is -4.48. The molecule has 11 nitrogen and oxygen atoms in total. The standard InChI is InChI=1S/C34H40N2O9/c1-40-16-4-14-36-30-19-24(7-12-31(30)45-23-33(36)37)22-44-32-21-35(34(38)39)15-13-29(32)25-8-10-26(11-9-25)42-17-18-43-28-6-3-5-27(20-28)41-2/h3,5-12,19-20,29,32H,4,13-18,21-23H2,1-2H3,(H,38,39). The van der Waals surface area contributed by atoms with Crippen LogP contribution in [0.2, 0.25) is 0 Å². The molecule has 0 bridgehead atoms. The molecule has 5 rings (SSSR count). The van der Waals surface area contributed by atoms with Gasteiger partial charge in [0, 0.05) is 38.8 Å². The van der Waals surface area contributed by atoms with Crippen LogP contribution in [0.25, 0.3) is 0 Å². The van der Waals surface area contributed by atoms with Gasteiger partial charge < -0.3 is 43.3 Å². The number of rotatable bonds is 14. The smallest absolute Gasteiger partial charge is 0.407 e. The quantitative estimate of drug-likeness (QED) is 0.250. The Morgan fingerprint density at radius 2 is 1.73 bits per heavy atom. The number of hydrogen-bond donors (Lipinski definition) is 1. The van der Waals surface area contributed by atoms with Crippen LogP contribution in [0.4, 0.5) is 10.5 Å². The molecule has 2 unspecified atom stereocenters. The summed E-state index contributed by atoms with van der Waals surface area (Å²) in [5.41, 5.74) is 2.63. The molecular weight excluding hydrogens is 580 g/mol. The van der Waals surface area contributed by atoms with Gasteiger partial charge >= 0.3 is 6.09 Å². The highest BCUT2D eigenvalue weighted by Gasteiger charge is 2.33. The molecule has 0 saturated carbocycles. The third-order valence-corrected chi connectivity index (χ3v) is 7.96. The van der Waals surface area contributed by atoms with E-state index in [1.165, 1.54) is 4.90 Å². The normalized spacial score (nSPS) is 17.8. The number of benzene rings is 3. The summed E-state index contributed by atoms with van der Waals surface area (Å²) in [6, 6.07) is 21.0. The Labute approximate surface area is 263 Å². The van der Waals surface area contributed by atoms with Crippen molar-refractivity contribution >= 4 is 17.7 Å². The Morgan fingerprint density at radius 3 is 2.49 bits per heavy atom. The first-order valence-corrected chi connectivity index (χ1v) is 15.1. The molecule has 2 amide bonds. The fourth-order valence-corrected chi connectivity index (χ4v) is 5.61. The van der Waals surface area contributed by atoms with Gasteiger partial charge in [-0.1, -0.05) is 24.3 Å². The zero-order valence-corrected chi connectivity index (χ0v) is 25.7. The van der Waals surface area contributed by atoms with Crippen molar-refractivity contribution < 1.29 is 43.1 Å². The molecule has 0 spiro atoms. The molecule has 2 atom stereocenters. The molecule has 240 valence electrons. The third-order valence-electron chi connectivity index (χ3n) is 7.96. The number of methoxy groups -OCH3 is 2. The summed E-state index contributed by atoms with van der Waals surface area (Å²) in [6.07, 6.45) is 0.0198. The van der Waals surface area contributed by atoms with Gasteiger partial charge in [-0.15, -0.1) is 0 Å². The zero-order chi connectivity index (χ0) is 31.6. The van der Waals surface area contributed by atoms with Crippen LogP contribution in [0.3, 0.4) is 0 Å². The largest absolute Gasteiger partial charge is 0.497 e. The van der Waals surface area contributed by atoms with Crippen LogP contribution in [0.5, 0.6) is 23.0 Å². The minimum atomic E-state index is -0.960. The van der Waals surface area contributed by atoms with E-state index in [0.717, 1.165) is 16.9 Å². The van der Waals surface area contributed by atoms with Gasteiger partial charge in [-0.25, -0.2) is 4.79 Å². The Balaban J connectivity index is 1.20. The predicted molar refractivity (Wildman–Crippen MR) is 167 cm³/mol. The molecule has 45 heavy (non-hydrogen) atoms. The van der Waals surface area contributed by atoms with E-state index in [9.17, 15) is 14.7 Å². The molecule has 3 aromatic rings. The van der Waals surface area contributed by atoms with Gasteiger partial charge in [0.25, 0.3) is 5.91 Å². The second-order valence-corrected chi connectivity index (χ2v) is 10.9. The second-order valence-electron chi connectivity index (χ2n) is 10.9. The van der Waals surface area contributed by atoms with Crippen LogP contribution in [-0.2, 0) is 20.9 Å². The molecule has 0 aliphatic carbocycles. The predicted octanol–water partition coefficient (Wildman–Crippen LogP) is 4.97. The van der Waals surface area contributed by atoms with E-state index >= 15 is 0 Å². The average molecular weight is 621 g/mol. The number of anilines is 1. The fraction of sp³-hybridized carbons (Fsp3) is 0.412. The number of ether oxygens (including phenoxy) is 6. The summed E-state index contributed by atoms with van der Waals surface area (Å²) in [5, 5.41) is 9.69. The lowest BCUT2D eigenvalue weighted by Crippen LogP contribution is -2.46. The van der Waals surface area contributed by atoms with E-state index in [1.54, 1.807) is 19.1 Å². The van der Waals surface area contributed by atoms with E-state index in [1.807, 2.05) is 66.7 Å². The van der Waals surface area contributed by atoms with Crippen molar-refractivity contribution in [3.63, 3.8) is 0 Å². The first-order chi connectivity index (χ1) is 21.9. The van der Waals surface area contributed by atoms with Gasteiger partial charge in [-0.3, -0.25) is 4.79 Å². The van der Waals surface area contributed by atoms with Gasteiger partial charge in [0.2, 0.25) is 0 Å². The number of nitrogens with zero attached hydrogens (tertiary/aromatic N) is 2. The van der Waals surface area contributed by atoms with E-state index in [4.69, 9.17) is 28.4 Å². The Morgan fingerprint density at radius 1 is 0.956 bits per heavy atom. The maximum atomic E-state index is 12.6. The lowest BCUT2D eigenvalue weighted by molar-refractivity contribution is -0.121. The van der Waals surface area contributed by atoms with Crippen LogP contribution in [0.15, 0.2) is 66.7 Å². The van der Waals surface area contributed by atoms with Crippen molar-refractivity contribution in [1.29, 1.82) is 0 Å². The van der Waals surface area contributed by atoms with Crippen LogP contribution in [-0.4, -0.2) is 88.4 Å².